The van der Waals surface area contributed by atoms with Crippen molar-refractivity contribution >= 4 is 40.7 Å². The van der Waals surface area contributed by atoms with Gasteiger partial charge in [-0.05, 0) is 66.0 Å². The standard InChI is InChI=1S/C19H38N4OS.HI/c1-5-20-18(21-10-14-25(24)19(2,3)4)23-13-9-17(16-23)15-22-11-7-6-8-12-22;/h17H,5-16H2,1-4H3,(H,20,21);1H. The van der Waals surface area contributed by atoms with Gasteiger partial charge in [0.25, 0.3) is 0 Å². The van der Waals surface area contributed by atoms with Gasteiger partial charge in [-0.1, -0.05) is 6.42 Å². The summed E-state index contributed by atoms with van der Waals surface area (Å²) in [6.07, 6.45) is 5.40. The second-order valence-electron chi connectivity index (χ2n) is 8.36. The first-order valence-electron chi connectivity index (χ1n) is 10.0. The van der Waals surface area contributed by atoms with E-state index in [0.717, 1.165) is 31.5 Å². The molecule has 1 N–H and O–H groups in total. The van der Waals surface area contributed by atoms with E-state index in [1.165, 1.54) is 45.3 Å². The van der Waals surface area contributed by atoms with Crippen LogP contribution in [-0.2, 0) is 10.8 Å². The highest BCUT2D eigenvalue weighted by molar-refractivity contribution is 14.0. The van der Waals surface area contributed by atoms with E-state index >= 15 is 0 Å². The molecular formula is C19H39IN4OS. The Morgan fingerprint density at radius 3 is 2.50 bits per heavy atom. The first-order valence-corrected chi connectivity index (χ1v) is 11.4. The Labute approximate surface area is 180 Å². The Morgan fingerprint density at radius 1 is 1.19 bits per heavy atom. The van der Waals surface area contributed by atoms with Gasteiger partial charge in [-0.15, -0.1) is 24.0 Å². The van der Waals surface area contributed by atoms with Gasteiger partial charge >= 0.3 is 0 Å². The molecule has 154 valence electrons. The third-order valence-corrected chi connectivity index (χ3v) is 7.03. The second-order valence-corrected chi connectivity index (χ2v) is 10.7. The molecule has 2 aliphatic heterocycles. The van der Waals surface area contributed by atoms with E-state index in [4.69, 9.17) is 4.99 Å². The molecule has 26 heavy (non-hydrogen) atoms. The number of nitrogens with zero attached hydrogens (tertiary/aromatic N) is 3. The zero-order chi connectivity index (χ0) is 18.3. The van der Waals surface area contributed by atoms with Crippen LogP contribution < -0.4 is 5.32 Å². The monoisotopic (exact) mass is 498 g/mol. The van der Waals surface area contributed by atoms with Crippen molar-refractivity contribution in [2.75, 3.05) is 51.6 Å². The maximum absolute atomic E-state index is 12.2. The maximum atomic E-state index is 12.2. The number of nitrogens with one attached hydrogen (secondary N) is 1. The lowest BCUT2D eigenvalue weighted by molar-refractivity contribution is 0.198. The number of rotatable bonds is 6. The normalized spacial score (nSPS) is 23.6. The molecule has 2 rings (SSSR count). The molecule has 0 aromatic heterocycles. The summed E-state index contributed by atoms with van der Waals surface area (Å²) in [5.41, 5.74) is 0. The average molecular weight is 499 g/mol. The molecule has 5 nitrogen and oxygen atoms in total. The number of guanidine groups is 1. The minimum absolute atomic E-state index is 0. The molecule has 0 aromatic carbocycles. The summed E-state index contributed by atoms with van der Waals surface area (Å²) in [5, 5.41) is 3.42. The van der Waals surface area contributed by atoms with Gasteiger partial charge in [-0.2, -0.15) is 0 Å². The van der Waals surface area contributed by atoms with Crippen molar-refractivity contribution in [3.8, 4) is 0 Å². The van der Waals surface area contributed by atoms with Gasteiger partial charge in [0.15, 0.2) is 5.96 Å². The van der Waals surface area contributed by atoms with Crippen molar-refractivity contribution in [2.45, 2.75) is 58.1 Å². The zero-order valence-electron chi connectivity index (χ0n) is 17.1. The van der Waals surface area contributed by atoms with Gasteiger partial charge in [-0.25, -0.2) is 0 Å². The molecular weight excluding hydrogens is 459 g/mol. The molecule has 0 aromatic rings. The van der Waals surface area contributed by atoms with E-state index in [2.05, 4.69) is 22.0 Å². The number of hydrogen-bond donors (Lipinski definition) is 1. The van der Waals surface area contributed by atoms with E-state index in [0.29, 0.717) is 12.3 Å². The van der Waals surface area contributed by atoms with Gasteiger partial charge in [0, 0.05) is 47.5 Å². The van der Waals surface area contributed by atoms with E-state index < -0.39 is 10.8 Å². The van der Waals surface area contributed by atoms with Gasteiger partial charge in [-0.3, -0.25) is 9.20 Å². The Bertz CT molecular complexity index is 461. The zero-order valence-corrected chi connectivity index (χ0v) is 20.3. The lowest BCUT2D eigenvalue weighted by atomic mass is 10.1. The van der Waals surface area contributed by atoms with Crippen LogP contribution >= 0.6 is 24.0 Å². The van der Waals surface area contributed by atoms with Crippen molar-refractivity contribution < 1.29 is 4.21 Å². The Hall–Kier alpha value is 0.110. The first-order chi connectivity index (χ1) is 11.9. The first kappa shape index (κ1) is 24.1. The predicted molar refractivity (Wildman–Crippen MR) is 124 cm³/mol. The van der Waals surface area contributed by atoms with Crippen LogP contribution in [-0.4, -0.2) is 76.3 Å². The molecule has 0 saturated carbocycles. The minimum Gasteiger partial charge on any atom is -0.357 e. The number of hydrogen-bond acceptors (Lipinski definition) is 3. The third kappa shape index (κ3) is 8.00. The molecule has 7 heteroatoms. The lowest BCUT2D eigenvalue weighted by Crippen LogP contribution is -2.41. The summed E-state index contributed by atoms with van der Waals surface area (Å²) in [6, 6.07) is 0. The van der Waals surface area contributed by atoms with Gasteiger partial charge in [0.1, 0.15) is 0 Å². The predicted octanol–water partition coefficient (Wildman–Crippen LogP) is 2.92. The smallest absolute Gasteiger partial charge is 0.193 e. The quantitative estimate of drug-likeness (QED) is 0.348. The Morgan fingerprint density at radius 2 is 1.88 bits per heavy atom. The molecule has 2 saturated heterocycles. The molecule has 0 radical (unpaired) electrons. The van der Waals surface area contributed by atoms with Crippen LogP contribution in [0.5, 0.6) is 0 Å². The van der Waals surface area contributed by atoms with Gasteiger partial charge in [0.05, 0.1) is 6.54 Å². The van der Waals surface area contributed by atoms with Crippen LogP contribution in [0.4, 0.5) is 0 Å². The number of halogens is 1. The minimum atomic E-state index is -0.831. The molecule has 0 amide bonds. The third-order valence-electron chi connectivity index (χ3n) is 5.11. The van der Waals surface area contributed by atoms with Crippen LogP contribution in [0.1, 0.15) is 53.4 Å². The van der Waals surface area contributed by atoms with Crippen LogP contribution in [0.3, 0.4) is 0 Å². The highest BCUT2D eigenvalue weighted by atomic mass is 127. The second kappa shape index (κ2) is 11.8. The van der Waals surface area contributed by atoms with Crippen molar-refractivity contribution in [3.05, 3.63) is 0 Å². The molecule has 0 spiro atoms. The van der Waals surface area contributed by atoms with Crippen LogP contribution in [0, 0.1) is 5.92 Å². The maximum Gasteiger partial charge on any atom is 0.193 e. The molecule has 2 fully saturated rings. The molecule has 2 heterocycles. The van der Waals surface area contributed by atoms with Crippen molar-refractivity contribution in [1.82, 2.24) is 15.1 Å². The fourth-order valence-corrected chi connectivity index (χ4v) is 4.52. The van der Waals surface area contributed by atoms with E-state index in [-0.39, 0.29) is 28.7 Å². The van der Waals surface area contributed by atoms with Crippen LogP contribution in [0.25, 0.3) is 0 Å². The van der Waals surface area contributed by atoms with Crippen LogP contribution in [0.15, 0.2) is 4.99 Å². The summed E-state index contributed by atoms with van der Waals surface area (Å²) in [4.78, 5) is 9.80. The van der Waals surface area contributed by atoms with Crippen molar-refractivity contribution in [3.63, 3.8) is 0 Å². The van der Waals surface area contributed by atoms with Crippen molar-refractivity contribution in [2.24, 2.45) is 10.9 Å². The summed E-state index contributed by atoms with van der Waals surface area (Å²) in [5.74, 6) is 2.41. The molecule has 0 bridgehead atoms. The van der Waals surface area contributed by atoms with Gasteiger partial charge < -0.3 is 15.1 Å². The summed E-state index contributed by atoms with van der Waals surface area (Å²) < 4.78 is 12.0. The molecule has 2 aliphatic rings. The molecule has 2 atom stereocenters. The molecule has 0 aliphatic carbocycles. The number of piperidine rings is 1. The van der Waals surface area contributed by atoms with E-state index in [1.807, 2.05) is 20.8 Å². The highest BCUT2D eigenvalue weighted by Crippen LogP contribution is 2.20. The summed E-state index contributed by atoms with van der Waals surface area (Å²) in [7, 11) is -0.831. The molecule has 2 unspecified atom stereocenters. The number of aliphatic imine (C=N–C) groups is 1. The Kier molecular flexibility index (Phi) is 11.0. The number of likely N-dealkylation sites (tertiary alicyclic amines) is 2. The highest BCUT2D eigenvalue weighted by Gasteiger charge is 2.27. The SMILES string of the molecule is CCNC(=NCCS(=O)C(C)(C)C)N1CCC(CN2CCCCC2)C1.I. The van der Waals surface area contributed by atoms with Crippen LogP contribution in [0.2, 0.25) is 0 Å². The largest absolute Gasteiger partial charge is 0.357 e. The average Bonchev–Trinajstić information content (AvgIpc) is 3.02. The summed E-state index contributed by atoms with van der Waals surface area (Å²) >= 11 is 0. The van der Waals surface area contributed by atoms with E-state index in [1.54, 1.807) is 0 Å². The summed E-state index contributed by atoms with van der Waals surface area (Å²) in [6.45, 7) is 15.7. The Balaban J connectivity index is 0.00000338. The van der Waals surface area contributed by atoms with Crippen molar-refractivity contribution in [1.29, 1.82) is 0 Å². The fraction of sp³-hybridized carbons (Fsp3) is 0.947. The lowest BCUT2D eigenvalue weighted by Gasteiger charge is -2.29. The van der Waals surface area contributed by atoms with E-state index in [9.17, 15) is 4.21 Å². The fourth-order valence-electron chi connectivity index (χ4n) is 3.65. The topological polar surface area (TPSA) is 47.9 Å². The van der Waals surface area contributed by atoms with Gasteiger partial charge in [0.2, 0.25) is 0 Å².